The van der Waals surface area contributed by atoms with Gasteiger partial charge in [0, 0.05) is 23.9 Å². The van der Waals surface area contributed by atoms with Gasteiger partial charge in [0.15, 0.2) is 0 Å². The first-order valence-corrected chi connectivity index (χ1v) is 9.57. The highest BCUT2D eigenvalue weighted by molar-refractivity contribution is 5.90. The van der Waals surface area contributed by atoms with Crippen LogP contribution < -0.4 is 9.80 Å². The van der Waals surface area contributed by atoms with E-state index in [4.69, 9.17) is 14.9 Å². The number of hydrogen-bond donors (Lipinski definition) is 2. The Labute approximate surface area is 176 Å². The van der Waals surface area contributed by atoms with Crippen LogP contribution in [0, 0.1) is 5.82 Å². The van der Waals surface area contributed by atoms with Crippen LogP contribution in [0.2, 0.25) is 0 Å². The molecule has 3 heterocycles. The van der Waals surface area contributed by atoms with E-state index in [1.165, 1.54) is 28.5 Å². The number of carbonyl (C=O) groups excluding carboxylic acids is 2. The minimum Gasteiger partial charge on any atom is -0.441 e. The number of rotatable bonds is 5. The Morgan fingerprint density at radius 3 is 2.65 bits per heavy atom. The minimum absolute atomic E-state index is 0.156. The molecule has 0 aliphatic carbocycles. The van der Waals surface area contributed by atoms with E-state index in [1.54, 1.807) is 29.2 Å². The smallest absolute Gasteiger partial charge is 0.414 e. The van der Waals surface area contributed by atoms with Crippen molar-refractivity contribution in [2.75, 3.05) is 42.6 Å². The molecule has 0 radical (unpaired) electrons. The summed E-state index contributed by atoms with van der Waals surface area (Å²) in [5.74, 6) is -0.423. The number of benzene rings is 1. The van der Waals surface area contributed by atoms with Crippen LogP contribution in [0.3, 0.4) is 0 Å². The fourth-order valence-electron chi connectivity index (χ4n) is 3.34. The third-order valence-corrected chi connectivity index (χ3v) is 5.00. The maximum absolute atomic E-state index is 14.8. The summed E-state index contributed by atoms with van der Waals surface area (Å²) < 4.78 is 19.7. The van der Waals surface area contributed by atoms with E-state index in [9.17, 15) is 14.0 Å². The number of aliphatic hydroxyl groups excluding tert-OH is 2. The molecule has 1 atom stereocenters. The van der Waals surface area contributed by atoms with E-state index in [-0.39, 0.29) is 13.2 Å². The van der Waals surface area contributed by atoms with Crippen molar-refractivity contribution in [2.45, 2.75) is 6.10 Å². The molecule has 11 heteroatoms. The molecule has 2 aliphatic heterocycles. The van der Waals surface area contributed by atoms with E-state index in [0.717, 1.165) is 0 Å². The molecule has 0 saturated carbocycles. The monoisotopic (exact) mass is 429 g/mol. The number of pyridine rings is 1. The first-order valence-electron chi connectivity index (χ1n) is 9.57. The maximum atomic E-state index is 14.8. The van der Waals surface area contributed by atoms with Crippen LogP contribution in [0.25, 0.3) is 11.1 Å². The van der Waals surface area contributed by atoms with Crippen molar-refractivity contribution in [1.29, 1.82) is 0 Å². The summed E-state index contributed by atoms with van der Waals surface area (Å²) in [6, 6.07) is 7.83. The molecule has 1 aromatic carbocycles. The second kappa shape index (κ2) is 8.66. The number of carbonyl (C=O) groups is 2. The highest BCUT2D eigenvalue weighted by Gasteiger charge is 2.32. The fourth-order valence-corrected chi connectivity index (χ4v) is 3.34. The van der Waals surface area contributed by atoms with Gasteiger partial charge >= 0.3 is 6.09 Å². The van der Waals surface area contributed by atoms with E-state index in [1.807, 2.05) is 0 Å². The molecule has 1 fully saturated rings. The molecule has 4 rings (SSSR count). The molecule has 1 aromatic heterocycles. The van der Waals surface area contributed by atoms with Crippen molar-refractivity contribution < 1.29 is 28.9 Å². The second-order valence-electron chi connectivity index (χ2n) is 6.97. The lowest BCUT2D eigenvalue weighted by Crippen LogP contribution is -2.41. The Kier molecular flexibility index (Phi) is 5.78. The third-order valence-electron chi connectivity index (χ3n) is 5.00. The van der Waals surface area contributed by atoms with Gasteiger partial charge < -0.3 is 19.8 Å². The molecule has 2 N–H and O–H groups in total. The number of cyclic esters (lactones) is 1. The normalized spacial score (nSPS) is 18.5. The summed E-state index contributed by atoms with van der Waals surface area (Å²) in [6.07, 6.45) is 1.72. The van der Waals surface area contributed by atoms with E-state index < -0.39 is 30.5 Å². The molecule has 2 amide bonds. The average Bonchev–Trinajstić information content (AvgIpc) is 3.19. The molecule has 0 bridgehead atoms. The van der Waals surface area contributed by atoms with Gasteiger partial charge in [0.2, 0.25) is 0 Å². The average molecular weight is 429 g/mol. The van der Waals surface area contributed by atoms with Gasteiger partial charge in [-0.2, -0.15) is 5.10 Å². The number of hydrogen-bond acceptors (Lipinski definition) is 8. The quantitative estimate of drug-likeness (QED) is 0.721. The predicted octanol–water partition coefficient (Wildman–Crippen LogP) is 0.789. The second-order valence-corrected chi connectivity index (χ2v) is 6.97. The van der Waals surface area contributed by atoms with Crippen molar-refractivity contribution in [3.8, 4) is 11.1 Å². The standard InChI is InChI=1S/C20H20FN5O5/c21-17-7-14(25-9-15(10-27)31-20(25)30)2-3-16(17)13-1-4-18(22-8-13)24-5-6-26(23-12-24)19(29)11-28/h1-4,7-8,12,15,27-28H,5-6,9-11H2/t15-/m1/s1. The number of anilines is 2. The Morgan fingerprint density at radius 1 is 1.23 bits per heavy atom. The lowest BCUT2D eigenvalue weighted by atomic mass is 10.1. The van der Waals surface area contributed by atoms with Crippen LogP contribution in [0.4, 0.5) is 20.7 Å². The summed E-state index contributed by atoms with van der Waals surface area (Å²) >= 11 is 0. The van der Waals surface area contributed by atoms with Gasteiger partial charge in [0.05, 0.1) is 25.4 Å². The first-order chi connectivity index (χ1) is 15.0. The summed E-state index contributed by atoms with van der Waals surface area (Å²) in [6.45, 7) is 0.0217. The van der Waals surface area contributed by atoms with Crippen molar-refractivity contribution in [1.82, 2.24) is 9.99 Å². The summed E-state index contributed by atoms with van der Waals surface area (Å²) in [7, 11) is 0. The molecule has 2 aliphatic rings. The van der Waals surface area contributed by atoms with Crippen molar-refractivity contribution >= 4 is 29.8 Å². The topological polar surface area (TPSA) is 119 Å². The number of halogens is 1. The molecule has 0 spiro atoms. The van der Waals surface area contributed by atoms with Crippen LogP contribution in [-0.2, 0) is 9.53 Å². The highest BCUT2D eigenvalue weighted by atomic mass is 19.1. The molecular formula is C20H20FN5O5. The Balaban J connectivity index is 1.48. The number of aliphatic hydroxyl groups is 2. The molecular weight excluding hydrogens is 409 g/mol. The lowest BCUT2D eigenvalue weighted by Gasteiger charge is -2.27. The van der Waals surface area contributed by atoms with Gasteiger partial charge in [-0.25, -0.2) is 19.2 Å². The zero-order valence-electron chi connectivity index (χ0n) is 16.4. The van der Waals surface area contributed by atoms with Crippen LogP contribution in [0.15, 0.2) is 41.6 Å². The summed E-state index contributed by atoms with van der Waals surface area (Å²) in [5.41, 5.74) is 1.22. The molecule has 1 saturated heterocycles. The minimum atomic E-state index is -0.626. The van der Waals surface area contributed by atoms with E-state index in [2.05, 4.69) is 10.1 Å². The fraction of sp³-hybridized carbons (Fsp3) is 0.300. The molecule has 31 heavy (non-hydrogen) atoms. The van der Waals surface area contributed by atoms with Gasteiger partial charge in [-0.1, -0.05) is 0 Å². The van der Waals surface area contributed by atoms with E-state index >= 15 is 0 Å². The maximum Gasteiger partial charge on any atom is 0.414 e. The third kappa shape index (κ3) is 4.18. The summed E-state index contributed by atoms with van der Waals surface area (Å²) in [5, 5.41) is 23.2. The van der Waals surface area contributed by atoms with Crippen LogP contribution in [0.5, 0.6) is 0 Å². The first kappa shape index (κ1) is 20.7. The van der Waals surface area contributed by atoms with Crippen molar-refractivity contribution in [3.63, 3.8) is 0 Å². The predicted molar refractivity (Wildman–Crippen MR) is 109 cm³/mol. The Hall–Kier alpha value is -3.57. The number of nitrogens with zero attached hydrogens (tertiary/aromatic N) is 5. The lowest BCUT2D eigenvalue weighted by molar-refractivity contribution is -0.134. The SMILES string of the molecule is O=C(CO)N1CCN(c2ccc(-c3ccc(N4C[C@H](CO)OC4=O)cc3F)cn2)C=N1. The Bertz CT molecular complexity index is 1020. The van der Waals surface area contributed by atoms with Gasteiger partial charge in [0.1, 0.15) is 30.7 Å². The molecule has 162 valence electrons. The molecule has 10 nitrogen and oxygen atoms in total. The van der Waals surface area contributed by atoms with Crippen molar-refractivity contribution in [2.24, 2.45) is 5.10 Å². The van der Waals surface area contributed by atoms with Crippen LogP contribution in [0.1, 0.15) is 0 Å². The van der Waals surface area contributed by atoms with Gasteiger partial charge in [-0.3, -0.25) is 9.69 Å². The molecule has 0 unspecified atom stereocenters. The largest absolute Gasteiger partial charge is 0.441 e. The van der Waals surface area contributed by atoms with Crippen LogP contribution in [-0.4, -0.2) is 77.5 Å². The highest BCUT2D eigenvalue weighted by Crippen LogP contribution is 2.29. The molecule has 2 aromatic rings. The van der Waals surface area contributed by atoms with Gasteiger partial charge in [0.25, 0.3) is 5.91 Å². The zero-order chi connectivity index (χ0) is 22.0. The number of hydrazone groups is 1. The summed E-state index contributed by atoms with van der Waals surface area (Å²) in [4.78, 5) is 30.7. The number of amides is 2. The zero-order valence-corrected chi connectivity index (χ0v) is 16.4. The van der Waals surface area contributed by atoms with Crippen LogP contribution >= 0.6 is 0 Å². The number of aromatic nitrogens is 1. The van der Waals surface area contributed by atoms with Gasteiger partial charge in [-0.15, -0.1) is 0 Å². The van der Waals surface area contributed by atoms with Gasteiger partial charge in [-0.05, 0) is 30.3 Å². The number of ether oxygens (including phenoxy) is 1. The van der Waals surface area contributed by atoms with Crippen molar-refractivity contribution in [3.05, 3.63) is 42.3 Å². The van der Waals surface area contributed by atoms with E-state index in [0.29, 0.717) is 35.7 Å². The Morgan fingerprint density at radius 2 is 2.06 bits per heavy atom.